The molecule has 0 spiro atoms. The monoisotopic (exact) mass is 357 g/mol. The molecule has 0 aliphatic carbocycles. The third-order valence-corrected chi connectivity index (χ3v) is 5.49. The van der Waals surface area contributed by atoms with Crippen LogP contribution in [0.5, 0.6) is 0 Å². The molecule has 1 aromatic carbocycles. The summed E-state index contributed by atoms with van der Waals surface area (Å²) in [4.78, 5) is 12.3. The molecule has 0 saturated carbocycles. The highest BCUT2D eigenvalue weighted by molar-refractivity contribution is 6.36. The second-order valence-electron chi connectivity index (χ2n) is 6.49. The van der Waals surface area contributed by atoms with Crippen LogP contribution in [0.15, 0.2) is 24.5 Å². The van der Waals surface area contributed by atoms with Crippen molar-refractivity contribution in [1.29, 1.82) is 0 Å². The number of aryl methyl sites for hydroxylation is 2. The molecule has 0 amide bonds. The molecule has 5 nitrogen and oxygen atoms in total. The van der Waals surface area contributed by atoms with Crippen molar-refractivity contribution in [3.63, 3.8) is 0 Å². The molecule has 3 heterocycles. The molecule has 6 heteroatoms. The van der Waals surface area contributed by atoms with Gasteiger partial charge in [-0.2, -0.15) is 5.10 Å². The van der Waals surface area contributed by atoms with Crippen molar-refractivity contribution >= 4 is 28.5 Å². The fourth-order valence-electron chi connectivity index (χ4n) is 3.81. The summed E-state index contributed by atoms with van der Waals surface area (Å²) in [5.74, 6) is -0.221. The fraction of sp³-hybridized carbons (Fsp3) is 0.368. The van der Waals surface area contributed by atoms with Crippen LogP contribution < -0.4 is 0 Å². The Morgan fingerprint density at radius 2 is 2.32 bits per heavy atom. The summed E-state index contributed by atoms with van der Waals surface area (Å²) in [6, 6.07) is 4.16. The zero-order valence-corrected chi connectivity index (χ0v) is 15.1. The molecule has 1 aliphatic heterocycles. The molecule has 2 aromatic heterocycles. The summed E-state index contributed by atoms with van der Waals surface area (Å²) in [6.45, 7) is 5.04. The van der Waals surface area contributed by atoms with E-state index in [1.54, 1.807) is 0 Å². The van der Waals surface area contributed by atoms with Crippen molar-refractivity contribution in [2.45, 2.75) is 33.2 Å². The van der Waals surface area contributed by atoms with E-state index in [0.717, 1.165) is 51.3 Å². The first-order valence-corrected chi connectivity index (χ1v) is 8.95. The van der Waals surface area contributed by atoms with E-state index in [0.29, 0.717) is 13.0 Å². The van der Waals surface area contributed by atoms with Crippen LogP contribution in [0.3, 0.4) is 0 Å². The summed E-state index contributed by atoms with van der Waals surface area (Å²) in [5.41, 5.74) is 5.37. The standard InChI is InChI=1S/C19H20ClN3O2/c1-3-25-19(24)12-6-7-23-15(8-12)16(13-9-21-22-10-13)14-5-4-11(2)17(20)18(14)23/h4-5,9-10,12H,3,6-8H2,1-2H3,(H,21,22). The average Bonchev–Trinajstić information content (AvgIpc) is 3.23. The van der Waals surface area contributed by atoms with Gasteiger partial charge >= 0.3 is 5.97 Å². The molecule has 0 bridgehead atoms. The van der Waals surface area contributed by atoms with Crippen LogP contribution in [0.25, 0.3) is 22.0 Å². The van der Waals surface area contributed by atoms with Crippen molar-refractivity contribution < 1.29 is 9.53 Å². The number of rotatable bonds is 3. The summed E-state index contributed by atoms with van der Waals surface area (Å²) < 4.78 is 7.52. The Hall–Kier alpha value is -2.27. The van der Waals surface area contributed by atoms with Crippen LogP contribution >= 0.6 is 11.6 Å². The highest BCUT2D eigenvalue weighted by atomic mass is 35.5. The zero-order chi connectivity index (χ0) is 17.6. The predicted molar refractivity (Wildman–Crippen MR) is 97.7 cm³/mol. The number of esters is 1. The van der Waals surface area contributed by atoms with E-state index >= 15 is 0 Å². The van der Waals surface area contributed by atoms with Gasteiger partial charge in [-0.15, -0.1) is 0 Å². The molecule has 25 heavy (non-hydrogen) atoms. The van der Waals surface area contributed by atoms with Gasteiger partial charge in [-0.05, 0) is 25.8 Å². The van der Waals surface area contributed by atoms with Crippen molar-refractivity contribution in [2.75, 3.05) is 6.61 Å². The second-order valence-corrected chi connectivity index (χ2v) is 6.87. The summed E-state index contributed by atoms with van der Waals surface area (Å²) in [7, 11) is 0. The predicted octanol–water partition coefficient (Wildman–Crippen LogP) is 4.12. The summed E-state index contributed by atoms with van der Waals surface area (Å²) >= 11 is 6.65. The lowest BCUT2D eigenvalue weighted by Gasteiger charge is -2.24. The number of carbonyl (C=O) groups excluding carboxylic acids is 1. The molecule has 0 fully saturated rings. The SMILES string of the molecule is CCOC(=O)C1CCn2c(c(-c3cn[nH]c3)c3ccc(C)c(Cl)c32)C1. The van der Waals surface area contributed by atoms with Crippen molar-refractivity contribution in [3.8, 4) is 11.1 Å². The highest BCUT2D eigenvalue weighted by Crippen LogP contribution is 2.42. The number of hydrogen-bond acceptors (Lipinski definition) is 3. The molecule has 1 aliphatic rings. The van der Waals surface area contributed by atoms with Gasteiger partial charge in [-0.3, -0.25) is 9.89 Å². The van der Waals surface area contributed by atoms with Gasteiger partial charge in [0.25, 0.3) is 0 Å². The molecule has 1 N–H and O–H groups in total. The van der Waals surface area contributed by atoms with Crippen LogP contribution in [-0.4, -0.2) is 27.3 Å². The number of fused-ring (bicyclic) bond motifs is 3. The Kier molecular flexibility index (Phi) is 4.04. The van der Waals surface area contributed by atoms with Gasteiger partial charge in [0.15, 0.2) is 0 Å². The fourth-order valence-corrected chi connectivity index (χ4v) is 4.07. The van der Waals surface area contributed by atoms with E-state index in [1.165, 1.54) is 0 Å². The molecule has 0 saturated heterocycles. The van der Waals surface area contributed by atoms with Gasteiger partial charge in [0.2, 0.25) is 0 Å². The topological polar surface area (TPSA) is 59.9 Å². The maximum Gasteiger partial charge on any atom is 0.309 e. The number of ether oxygens (including phenoxy) is 1. The Bertz CT molecular complexity index is 944. The van der Waals surface area contributed by atoms with Gasteiger partial charge in [0.1, 0.15) is 0 Å². The maximum absolute atomic E-state index is 12.3. The lowest BCUT2D eigenvalue weighted by atomic mass is 9.92. The van der Waals surface area contributed by atoms with Gasteiger partial charge in [0.05, 0.1) is 29.3 Å². The first kappa shape index (κ1) is 16.2. The van der Waals surface area contributed by atoms with Gasteiger partial charge in [0, 0.05) is 41.4 Å². The van der Waals surface area contributed by atoms with E-state index < -0.39 is 0 Å². The smallest absolute Gasteiger partial charge is 0.309 e. The molecule has 1 atom stereocenters. The van der Waals surface area contributed by atoms with E-state index in [4.69, 9.17) is 16.3 Å². The van der Waals surface area contributed by atoms with E-state index in [-0.39, 0.29) is 11.9 Å². The van der Waals surface area contributed by atoms with Crippen molar-refractivity contribution in [2.24, 2.45) is 5.92 Å². The molecular formula is C19H20ClN3O2. The van der Waals surface area contributed by atoms with Gasteiger partial charge < -0.3 is 9.30 Å². The molecule has 130 valence electrons. The van der Waals surface area contributed by atoms with Crippen LogP contribution in [0.1, 0.15) is 24.6 Å². The largest absolute Gasteiger partial charge is 0.466 e. The number of aromatic nitrogens is 3. The average molecular weight is 358 g/mol. The van der Waals surface area contributed by atoms with Crippen LogP contribution in [0.4, 0.5) is 0 Å². The number of H-pyrrole nitrogens is 1. The first-order chi connectivity index (χ1) is 12.1. The Morgan fingerprint density at radius 3 is 3.04 bits per heavy atom. The summed E-state index contributed by atoms with van der Waals surface area (Å²) in [5, 5.41) is 8.87. The molecule has 4 rings (SSSR count). The molecule has 3 aromatic rings. The third kappa shape index (κ3) is 2.54. The quantitative estimate of drug-likeness (QED) is 0.717. The molecule has 1 unspecified atom stereocenters. The minimum Gasteiger partial charge on any atom is -0.466 e. The molecular weight excluding hydrogens is 338 g/mol. The Morgan fingerprint density at radius 1 is 1.48 bits per heavy atom. The minimum atomic E-state index is -0.112. The first-order valence-electron chi connectivity index (χ1n) is 8.57. The number of aromatic amines is 1. The number of carbonyl (C=O) groups is 1. The highest BCUT2D eigenvalue weighted by Gasteiger charge is 2.31. The van der Waals surface area contributed by atoms with Crippen molar-refractivity contribution in [1.82, 2.24) is 14.8 Å². The van der Waals surface area contributed by atoms with Gasteiger partial charge in [-0.1, -0.05) is 23.7 Å². The zero-order valence-electron chi connectivity index (χ0n) is 14.3. The lowest BCUT2D eigenvalue weighted by Crippen LogP contribution is -2.27. The number of nitrogens with zero attached hydrogens (tertiary/aromatic N) is 2. The lowest BCUT2D eigenvalue weighted by molar-refractivity contribution is -0.148. The summed E-state index contributed by atoms with van der Waals surface area (Å²) in [6.07, 6.45) is 5.13. The minimum absolute atomic E-state index is 0.109. The third-order valence-electron chi connectivity index (χ3n) is 5.01. The van der Waals surface area contributed by atoms with Crippen LogP contribution in [0, 0.1) is 12.8 Å². The number of nitrogens with one attached hydrogen (secondary N) is 1. The second kappa shape index (κ2) is 6.23. The van der Waals surface area contributed by atoms with E-state index in [9.17, 15) is 4.79 Å². The number of hydrogen-bond donors (Lipinski definition) is 1. The Labute approximate surface area is 150 Å². The maximum atomic E-state index is 12.3. The van der Waals surface area contributed by atoms with Crippen LogP contribution in [0.2, 0.25) is 5.02 Å². The van der Waals surface area contributed by atoms with E-state index in [1.807, 2.05) is 32.3 Å². The Balaban J connectivity index is 1.93. The number of halogens is 1. The van der Waals surface area contributed by atoms with Crippen molar-refractivity contribution in [3.05, 3.63) is 40.8 Å². The molecule has 0 radical (unpaired) electrons. The normalized spacial score (nSPS) is 16.8. The number of benzene rings is 1. The van der Waals surface area contributed by atoms with E-state index in [2.05, 4.69) is 20.8 Å². The van der Waals surface area contributed by atoms with Crippen LogP contribution in [-0.2, 0) is 22.5 Å². The van der Waals surface area contributed by atoms with Gasteiger partial charge in [-0.25, -0.2) is 0 Å².